The van der Waals surface area contributed by atoms with Gasteiger partial charge in [-0.1, -0.05) is 78.3 Å². The van der Waals surface area contributed by atoms with Crippen molar-refractivity contribution in [2.24, 2.45) is 0 Å². The quantitative estimate of drug-likeness (QED) is 0.330. The summed E-state index contributed by atoms with van der Waals surface area (Å²) in [4.78, 5) is 34.6. The van der Waals surface area contributed by atoms with E-state index in [0.717, 1.165) is 5.56 Å². The molecule has 0 aliphatic carbocycles. The van der Waals surface area contributed by atoms with E-state index in [1.54, 1.807) is 65.6 Å². The molecule has 1 aliphatic rings. The summed E-state index contributed by atoms with van der Waals surface area (Å²) in [7, 11) is 0. The molecule has 7 heteroatoms. The highest BCUT2D eigenvalue weighted by Crippen LogP contribution is 2.45. The van der Waals surface area contributed by atoms with Crippen LogP contribution >= 0.6 is 11.6 Å². The number of carbonyl (C=O) groups is 2. The van der Waals surface area contributed by atoms with Crippen molar-refractivity contribution in [2.75, 3.05) is 4.90 Å². The number of nitrogens with one attached hydrogen (secondary N) is 1. The monoisotopic (exact) mass is 498 g/mol. The van der Waals surface area contributed by atoms with E-state index in [2.05, 4.69) is 5.48 Å². The average Bonchev–Trinajstić information content (AvgIpc) is 2.89. The Labute approximate surface area is 213 Å². The van der Waals surface area contributed by atoms with Crippen LogP contribution in [0.5, 0.6) is 5.75 Å². The molecule has 1 aliphatic heterocycles. The van der Waals surface area contributed by atoms with Crippen LogP contribution in [-0.4, -0.2) is 16.9 Å². The fraction of sp³-hybridized carbons (Fsp3) is 0.103. The molecule has 0 saturated carbocycles. The molecule has 6 nitrogen and oxygen atoms in total. The van der Waals surface area contributed by atoms with Crippen LogP contribution < -0.4 is 10.4 Å². The zero-order chi connectivity index (χ0) is 25.1. The molecule has 2 N–H and O–H groups in total. The second kappa shape index (κ2) is 10.2. The maximum Gasteiger partial charge on any atom is 0.259 e. The van der Waals surface area contributed by atoms with Gasteiger partial charge in [-0.15, -0.1) is 0 Å². The van der Waals surface area contributed by atoms with Gasteiger partial charge in [0.05, 0.1) is 18.6 Å². The van der Waals surface area contributed by atoms with Crippen LogP contribution in [0, 0.1) is 0 Å². The minimum Gasteiger partial charge on any atom is -0.508 e. The van der Waals surface area contributed by atoms with Crippen molar-refractivity contribution in [3.05, 3.63) is 130 Å². The van der Waals surface area contributed by atoms with Crippen molar-refractivity contribution in [1.29, 1.82) is 0 Å². The van der Waals surface area contributed by atoms with Crippen molar-refractivity contribution in [3.63, 3.8) is 0 Å². The molecule has 5 rings (SSSR count). The second-order valence-electron chi connectivity index (χ2n) is 8.50. The standard InChI is InChI=1S/C29H23ClN2O4/c30-21-15-13-20(14-16-21)27-26(28(34)31-36-18-19-7-2-1-3-8-19)24-11-4-5-12-25(24)29(35)32(27)22-9-6-10-23(33)17-22/h1-17,26-27,33H,18H2,(H,31,34)/t26-,27+/m1/s1. The van der Waals surface area contributed by atoms with Crippen LogP contribution in [-0.2, 0) is 16.2 Å². The SMILES string of the molecule is O=C(NOCc1ccccc1)[C@@H]1c2ccccc2C(=O)N(c2cccc(O)c2)[C@H]1c1ccc(Cl)cc1. The van der Waals surface area contributed by atoms with Crippen LogP contribution in [0.1, 0.15) is 39.0 Å². The van der Waals surface area contributed by atoms with Gasteiger partial charge in [-0.3, -0.25) is 19.3 Å². The first-order chi connectivity index (χ1) is 17.5. The third-order valence-corrected chi connectivity index (χ3v) is 6.45. The molecule has 2 amide bonds. The Hall–Kier alpha value is -4.13. The molecule has 0 bridgehead atoms. The molecule has 0 aromatic heterocycles. The predicted molar refractivity (Wildman–Crippen MR) is 138 cm³/mol. The largest absolute Gasteiger partial charge is 0.508 e. The fourth-order valence-electron chi connectivity index (χ4n) is 4.57. The lowest BCUT2D eigenvalue weighted by atomic mass is 9.79. The predicted octanol–water partition coefficient (Wildman–Crippen LogP) is 5.78. The molecular weight excluding hydrogens is 476 g/mol. The Kier molecular flexibility index (Phi) is 6.71. The Morgan fingerprint density at radius 1 is 0.917 bits per heavy atom. The maximum absolute atomic E-state index is 13.8. The normalized spacial score (nSPS) is 16.9. The summed E-state index contributed by atoms with van der Waals surface area (Å²) in [6, 6.07) is 29.3. The number of hydroxylamine groups is 1. The molecule has 4 aromatic carbocycles. The number of carbonyl (C=O) groups excluding carboxylic acids is 2. The van der Waals surface area contributed by atoms with Gasteiger partial charge in [-0.25, -0.2) is 5.48 Å². The van der Waals surface area contributed by atoms with Gasteiger partial charge in [0.25, 0.3) is 11.8 Å². The molecule has 4 aromatic rings. The van der Waals surface area contributed by atoms with E-state index in [1.165, 1.54) is 12.1 Å². The van der Waals surface area contributed by atoms with Gasteiger partial charge in [-0.2, -0.15) is 0 Å². The number of rotatable bonds is 6. The van der Waals surface area contributed by atoms with Crippen LogP contribution in [0.2, 0.25) is 5.02 Å². The number of halogens is 1. The van der Waals surface area contributed by atoms with Gasteiger partial charge in [0.1, 0.15) is 5.75 Å². The number of phenols is 1. The third kappa shape index (κ3) is 4.69. The van der Waals surface area contributed by atoms with Crippen LogP contribution in [0.4, 0.5) is 5.69 Å². The molecular formula is C29H23ClN2O4. The lowest BCUT2D eigenvalue weighted by Crippen LogP contribution is -2.47. The first-order valence-electron chi connectivity index (χ1n) is 11.5. The number of benzene rings is 4. The van der Waals surface area contributed by atoms with E-state index in [9.17, 15) is 14.7 Å². The van der Waals surface area contributed by atoms with Gasteiger partial charge in [0.15, 0.2) is 0 Å². The summed E-state index contributed by atoms with van der Waals surface area (Å²) in [6.45, 7) is 0.196. The summed E-state index contributed by atoms with van der Waals surface area (Å²) in [5.74, 6) is -1.44. The smallest absolute Gasteiger partial charge is 0.259 e. The first-order valence-corrected chi connectivity index (χ1v) is 11.8. The number of aromatic hydroxyl groups is 1. The first kappa shape index (κ1) is 23.6. The molecule has 0 fully saturated rings. The molecule has 0 radical (unpaired) electrons. The van der Waals surface area contributed by atoms with E-state index in [4.69, 9.17) is 16.4 Å². The van der Waals surface area contributed by atoms with Crippen LogP contribution in [0.3, 0.4) is 0 Å². The molecule has 36 heavy (non-hydrogen) atoms. The minimum absolute atomic E-state index is 0.0150. The number of amides is 2. The van der Waals surface area contributed by atoms with Crippen LogP contribution in [0.25, 0.3) is 0 Å². The van der Waals surface area contributed by atoms with Gasteiger partial charge in [0.2, 0.25) is 0 Å². The number of anilines is 1. The second-order valence-corrected chi connectivity index (χ2v) is 8.93. The zero-order valence-corrected chi connectivity index (χ0v) is 19.9. The van der Waals surface area contributed by atoms with Gasteiger partial charge in [0, 0.05) is 22.3 Å². The van der Waals surface area contributed by atoms with Crippen molar-refractivity contribution in [3.8, 4) is 5.75 Å². The highest BCUT2D eigenvalue weighted by atomic mass is 35.5. The highest BCUT2D eigenvalue weighted by Gasteiger charge is 2.45. The summed E-state index contributed by atoms with van der Waals surface area (Å²) >= 11 is 6.15. The number of hydrogen-bond donors (Lipinski definition) is 2. The fourth-order valence-corrected chi connectivity index (χ4v) is 4.70. The molecule has 0 saturated heterocycles. The third-order valence-electron chi connectivity index (χ3n) is 6.20. The maximum atomic E-state index is 13.8. The van der Waals surface area contributed by atoms with Crippen molar-refractivity contribution in [1.82, 2.24) is 5.48 Å². The summed E-state index contributed by atoms with van der Waals surface area (Å²) in [6.07, 6.45) is 0. The van der Waals surface area contributed by atoms with Crippen molar-refractivity contribution in [2.45, 2.75) is 18.6 Å². The van der Waals surface area contributed by atoms with E-state index in [-0.39, 0.29) is 18.3 Å². The highest BCUT2D eigenvalue weighted by molar-refractivity contribution is 6.30. The van der Waals surface area contributed by atoms with Crippen molar-refractivity contribution < 1.29 is 19.5 Å². The molecule has 2 atom stereocenters. The lowest BCUT2D eigenvalue weighted by molar-refractivity contribution is -0.136. The lowest BCUT2D eigenvalue weighted by Gasteiger charge is -2.41. The number of nitrogens with zero attached hydrogens (tertiary/aromatic N) is 1. The molecule has 1 heterocycles. The summed E-state index contributed by atoms with van der Waals surface area (Å²) < 4.78 is 0. The average molecular weight is 499 g/mol. The Bertz CT molecular complexity index is 1390. The van der Waals surface area contributed by atoms with E-state index in [0.29, 0.717) is 27.4 Å². The van der Waals surface area contributed by atoms with Crippen molar-refractivity contribution >= 4 is 29.1 Å². The summed E-state index contributed by atoms with van der Waals surface area (Å²) in [5, 5.41) is 10.7. The minimum atomic E-state index is -0.793. The Balaban J connectivity index is 1.58. The van der Waals surface area contributed by atoms with Gasteiger partial charge < -0.3 is 5.11 Å². The number of fused-ring (bicyclic) bond motifs is 1. The zero-order valence-electron chi connectivity index (χ0n) is 19.2. The molecule has 0 spiro atoms. The van der Waals surface area contributed by atoms with E-state index < -0.39 is 17.9 Å². The van der Waals surface area contributed by atoms with Crippen LogP contribution in [0.15, 0.2) is 103 Å². The van der Waals surface area contributed by atoms with Gasteiger partial charge >= 0.3 is 0 Å². The Morgan fingerprint density at radius 3 is 2.39 bits per heavy atom. The molecule has 0 unspecified atom stereocenters. The number of phenolic OH excluding ortho intramolecular Hbond substituents is 1. The Morgan fingerprint density at radius 2 is 1.64 bits per heavy atom. The van der Waals surface area contributed by atoms with E-state index in [1.807, 2.05) is 30.3 Å². The van der Waals surface area contributed by atoms with E-state index >= 15 is 0 Å². The molecule has 180 valence electrons. The summed E-state index contributed by atoms with van der Waals surface area (Å²) in [5.41, 5.74) is 5.70. The topological polar surface area (TPSA) is 78.9 Å². The number of hydrogen-bond acceptors (Lipinski definition) is 4. The van der Waals surface area contributed by atoms with Gasteiger partial charge in [-0.05, 0) is 47.0 Å².